The highest BCUT2D eigenvalue weighted by molar-refractivity contribution is 4.82. The van der Waals surface area contributed by atoms with Gasteiger partial charge in [0.1, 0.15) is 0 Å². The maximum atomic E-state index is 5.08. The number of nitrogens with one attached hydrogen (secondary N) is 1. The third-order valence-corrected chi connectivity index (χ3v) is 1.66. The Balaban J connectivity index is 1.98. The summed E-state index contributed by atoms with van der Waals surface area (Å²) < 4.78 is 0. The molecule has 1 aliphatic rings. The van der Waals surface area contributed by atoms with Crippen LogP contribution in [-0.4, -0.2) is 6.54 Å². The first-order chi connectivity index (χ1) is 3.34. The Hall–Kier alpha value is -0.0800. The van der Waals surface area contributed by atoms with Crippen molar-refractivity contribution in [2.75, 3.05) is 6.54 Å². The lowest BCUT2D eigenvalue weighted by Gasteiger charge is -1.90. The summed E-state index contributed by atoms with van der Waals surface area (Å²) in [5.74, 6) is 6.89. The second kappa shape index (κ2) is 1.80. The first-order valence-electron chi connectivity index (χ1n) is 2.78. The molecule has 2 nitrogen and oxygen atoms in total. The summed E-state index contributed by atoms with van der Waals surface area (Å²) in [6.45, 7) is 3.25. The van der Waals surface area contributed by atoms with E-state index in [9.17, 15) is 0 Å². The van der Waals surface area contributed by atoms with Crippen molar-refractivity contribution in [1.82, 2.24) is 5.43 Å². The summed E-state index contributed by atoms with van der Waals surface area (Å²) in [6.07, 6.45) is 1.37. The van der Waals surface area contributed by atoms with Gasteiger partial charge in [0.15, 0.2) is 0 Å². The van der Waals surface area contributed by atoms with Crippen LogP contribution in [0.5, 0.6) is 0 Å². The van der Waals surface area contributed by atoms with E-state index in [0.29, 0.717) is 0 Å². The molecule has 0 radical (unpaired) electrons. The zero-order chi connectivity index (χ0) is 5.28. The van der Waals surface area contributed by atoms with Gasteiger partial charge in [-0.25, -0.2) is 0 Å². The van der Waals surface area contributed by atoms with Crippen LogP contribution in [0.25, 0.3) is 0 Å². The van der Waals surface area contributed by atoms with E-state index in [1.54, 1.807) is 0 Å². The predicted octanol–water partition coefficient (Wildman–Crippen LogP) is 0.106. The fraction of sp³-hybridized carbons (Fsp3) is 1.00. The van der Waals surface area contributed by atoms with Gasteiger partial charge in [0, 0.05) is 6.54 Å². The minimum Gasteiger partial charge on any atom is -0.271 e. The van der Waals surface area contributed by atoms with Gasteiger partial charge in [-0.2, -0.15) is 0 Å². The average molecular weight is 100 g/mol. The summed E-state index contributed by atoms with van der Waals surface area (Å²) in [5.41, 5.74) is 2.66. The second-order valence-corrected chi connectivity index (χ2v) is 2.38. The fourth-order valence-corrected chi connectivity index (χ4v) is 0.835. The number of nitrogens with two attached hydrogens (primary N) is 1. The second-order valence-electron chi connectivity index (χ2n) is 2.38. The van der Waals surface area contributed by atoms with Gasteiger partial charge in [-0.3, -0.25) is 11.3 Å². The molecule has 2 heteroatoms. The number of rotatable bonds is 2. The van der Waals surface area contributed by atoms with E-state index in [0.717, 1.165) is 18.4 Å². The molecule has 0 aromatic rings. The predicted molar refractivity (Wildman–Crippen MR) is 29.5 cm³/mol. The van der Waals surface area contributed by atoms with Crippen molar-refractivity contribution >= 4 is 0 Å². The van der Waals surface area contributed by atoms with Crippen LogP contribution in [0.15, 0.2) is 0 Å². The van der Waals surface area contributed by atoms with E-state index in [1.807, 2.05) is 0 Å². The highest BCUT2D eigenvalue weighted by atomic mass is 15.2. The minimum absolute atomic E-state index is 0.880. The molecule has 7 heavy (non-hydrogen) atoms. The molecule has 1 aliphatic carbocycles. The van der Waals surface area contributed by atoms with Gasteiger partial charge in [0.05, 0.1) is 0 Å². The van der Waals surface area contributed by atoms with Gasteiger partial charge in [-0.1, -0.05) is 6.92 Å². The molecule has 0 amide bonds. The smallest absolute Gasteiger partial charge is 0.0128 e. The molecule has 0 spiro atoms. The lowest BCUT2D eigenvalue weighted by atomic mass is 10.3. The Bertz CT molecular complexity index is 63.1. The third-order valence-electron chi connectivity index (χ3n) is 1.66. The van der Waals surface area contributed by atoms with Crippen LogP contribution >= 0.6 is 0 Å². The topological polar surface area (TPSA) is 38.0 Å². The molecule has 0 saturated heterocycles. The van der Waals surface area contributed by atoms with Gasteiger partial charge in [0.25, 0.3) is 0 Å². The molecular weight excluding hydrogens is 88.1 g/mol. The summed E-state index contributed by atoms with van der Waals surface area (Å²) >= 11 is 0. The summed E-state index contributed by atoms with van der Waals surface area (Å²) in [6, 6.07) is 0. The highest BCUT2D eigenvalue weighted by Crippen LogP contribution is 2.36. The van der Waals surface area contributed by atoms with E-state index >= 15 is 0 Å². The Morgan fingerprint density at radius 2 is 2.43 bits per heavy atom. The monoisotopic (exact) mass is 100 g/mol. The maximum Gasteiger partial charge on any atom is 0.0128 e. The van der Waals surface area contributed by atoms with Crippen LogP contribution < -0.4 is 11.3 Å². The van der Waals surface area contributed by atoms with Crippen LogP contribution in [-0.2, 0) is 0 Å². The molecule has 0 aliphatic heterocycles. The number of hydrogen-bond donors (Lipinski definition) is 2. The molecule has 0 aromatic carbocycles. The first-order valence-corrected chi connectivity index (χ1v) is 2.78. The van der Waals surface area contributed by atoms with Crippen molar-refractivity contribution in [3.8, 4) is 0 Å². The van der Waals surface area contributed by atoms with E-state index < -0.39 is 0 Å². The molecule has 3 N–H and O–H groups in total. The van der Waals surface area contributed by atoms with Crippen LogP contribution in [0.1, 0.15) is 13.3 Å². The van der Waals surface area contributed by atoms with Crippen LogP contribution in [0.2, 0.25) is 0 Å². The SMILES string of the molecule is C[C@@H]1C[C@H]1CNN. The van der Waals surface area contributed by atoms with Crippen molar-refractivity contribution in [1.29, 1.82) is 0 Å². The lowest BCUT2D eigenvalue weighted by molar-refractivity contribution is 0.636. The molecule has 0 bridgehead atoms. The normalized spacial score (nSPS) is 38.6. The van der Waals surface area contributed by atoms with E-state index in [2.05, 4.69) is 12.3 Å². The standard InChI is InChI=1S/C5H12N2/c1-4-2-5(4)3-7-6/h4-5,7H,2-3,6H2,1H3/t4-,5+/m1/s1. The summed E-state index contributed by atoms with van der Waals surface area (Å²) in [4.78, 5) is 0. The van der Waals surface area contributed by atoms with Crippen molar-refractivity contribution in [2.24, 2.45) is 17.7 Å². The molecule has 2 atom stereocenters. The van der Waals surface area contributed by atoms with Crippen molar-refractivity contribution in [3.05, 3.63) is 0 Å². The Morgan fingerprint density at radius 1 is 1.86 bits per heavy atom. The molecular formula is C5H12N2. The summed E-state index contributed by atoms with van der Waals surface area (Å²) in [5, 5.41) is 0. The summed E-state index contributed by atoms with van der Waals surface area (Å²) in [7, 11) is 0. The molecule has 42 valence electrons. The minimum atomic E-state index is 0.880. The van der Waals surface area contributed by atoms with Crippen LogP contribution in [0.3, 0.4) is 0 Å². The molecule has 1 rings (SSSR count). The van der Waals surface area contributed by atoms with E-state index in [1.165, 1.54) is 6.42 Å². The quantitative estimate of drug-likeness (QED) is 0.381. The molecule has 0 heterocycles. The first kappa shape index (κ1) is 5.06. The fourth-order valence-electron chi connectivity index (χ4n) is 0.835. The van der Waals surface area contributed by atoms with Crippen molar-refractivity contribution in [3.63, 3.8) is 0 Å². The molecule has 1 fully saturated rings. The maximum absolute atomic E-state index is 5.08. The van der Waals surface area contributed by atoms with Gasteiger partial charge < -0.3 is 0 Å². The Morgan fingerprint density at radius 3 is 2.57 bits per heavy atom. The molecule has 0 unspecified atom stereocenters. The molecule has 1 saturated carbocycles. The van der Waals surface area contributed by atoms with Gasteiger partial charge >= 0.3 is 0 Å². The third kappa shape index (κ3) is 1.14. The van der Waals surface area contributed by atoms with Crippen LogP contribution in [0.4, 0.5) is 0 Å². The van der Waals surface area contributed by atoms with Gasteiger partial charge in [0.2, 0.25) is 0 Å². The van der Waals surface area contributed by atoms with E-state index in [4.69, 9.17) is 5.84 Å². The van der Waals surface area contributed by atoms with Gasteiger partial charge in [-0.15, -0.1) is 0 Å². The Kier molecular flexibility index (Phi) is 1.30. The van der Waals surface area contributed by atoms with E-state index in [-0.39, 0.29) is 0 Å². The zero-order valence-electron chi connectivity index (χ0n) is 4.65. The van der Waals surface area contributed by atoms with Crippen molar-refractivity contribution in [2.45, 2.75) is 13.3 Å². The number of hydrazine groups is 1. The number of hydrogen-bond acceptors (Lipinski definition) is 2. The zero-order valence-corrected chi connectivity index (χ0v) is 4.65. The largest absolute Gasteiger partial charge is 0.271 e. The van der Waals surface area contributed by atoms with Crippen LogP contribution in [0, 0.1) is 11.8 Å². The highest BCUT2D eigenvalue weighted by Gasteiger charge is 2.31. The van der Waals surface area contributed by atoms with Crippen molar-refractivity contribution < 1.29 is 0 Å². The Labute approximate surface area is 44.1 Å². The molecule has 0 aromatic heterocycles. The van der Waals surface area contributed by atoms with Gasteiger partial charge in [-0.05, 0) is 18.3 Å². The average Bonchev–Trinajstić information content (AvgIpc) is 2.22. The lowest BCUT2D eigenvalue weighted by Crippen LogP contribution is -2.24.